The van der Waals surface area contributed by atoms with E-state index >= 15 is 0 Å². The predicted octanol–water partition coefficient (Wildman–Crippen LogP) is 9.33. The first-order chi connectivity index (χ1) is 28.5. The van der Waals surface area contributed by atoms with Crippen LogP contribution in [0.4, 0.5) is 0 Å². The maximum atomic E-state index is 13.0. The first-order valence-electron chi connectivity index (χ1n) is 23.7. The van der Waals surface area contributed by atoms with Crippen LogP contribution in [-0.2, 0) is 28.9 Å². The molecule has 6 N–H and O–H groups in total. The Morgan fingerprint density at radius 1 is 0.695 bits per heavy atom. The van der Waals surface area contributed by atoms with Crippen LogP contribution in [0.5, 0.6) is 0 Å². The summed E-state index contributed by atoms with van der Waals surface area (Å²) >= 11 is 0. The maximum Gasteiger partial charge on any atom is 0.397 e. The van der Waals surface area contributed by atoms with Crippen LogP contribution in [0, 0.1) is 0 Å². The zero-order valence-corrected chi connectivity index (χ0v) is 37.9. The van der Waals surface area contributed by atoms with Crippen LogP contribution in [0.25, 0.3) is 0 Å². The smallest absolute Gasteiger partial charge is 0.394 e. The van der Waals surface area contributed by atoms with Crippen molar-refractivity contribution in [1.29, 1.82) is 0 Å². The lowest BCUT2D eigenvalue weighted by Crippen LogP contribution is -2.61. The highest BCUT2D eigenvalue weighted by Crippen LogP contribution is 2.26. The number of carbonyl (C=O) groups excluding carboxylic acids is 1. The Morgan fingerprint density at radius 2 is 1.19 bits per heavy atom. The second-order valence-corrected chi connectivity index (χ2v) is 17.7. The van der Waals surface area contributed by atoms with E-state index in [9.17, 15) is 38.2 Å². The molecule has 1 aliphatic rings. The molecule has 0 spiro atoms. The molecule has 1 saturated heterocycles. The summed E-state index contributed by atoms with van der Waals surface area (Å²) in [5.41, 5.74) is 0. The molecule has 0 aliphatic carbocycles. The number of aliphatic hydroxyl groups excluding tert-OH is 4. The van der Waals surface area contributed by atoms with Crippen LogP contribution < -0.4 is 5.32 Å². The van der Waals surface area contributed by atoms with E-state index in [1.54, 1.807) is 0 Å². The molecule has 348 valence electrons. The van der Waals surface area contributed by atoms with Crippen LogP contribution in [-0.4, -0.2) is 95.4 Å². The van der Waals surface area contributed by atoms with Gasteiger partial charge >= 0.3 is 10.4 Å². The molecule has 0 aromatic heterocycles. The molecule has 0 radical (unpaired) electrons. The molecule has 0 bridgehead atoms. The monoisotopic (exact) mass is 862 g/mol. The van der Waals surface area contributed by atoms with Gasteiger partial charge in [0, 0.05) is 6.42 Å². The quantitative estimate of drug-likeness (QED) is 0.0195. The van der Waals surface area contributed by atoms with Crippen molar-refractivity contribution in [3.8, 4) is 0 Å². The molecule has 7 atom stereocenters. The molecule has 0 saturated carbocycles. The van der Waals surface area contributed by atoms with Gasteiger partial charge in [-0.2, -0.15) is 8.42 Å². The molecule has 1 rings (SSSR count). The summed E-state index contributed by atoms with van der Waals surface area (Å²) in [6.07, 6.45) is 33.3. The number of hydrogen-bond acceptors (Lipinski definition) is 10. The number of amides is 1. The summed E-state index contributed by atoms with van der Waals surface area (Å²) < 4.78 is 47.6. The SMILES string of the molecule is CC/C=C\C/C=C\CCCCCCCCCCCCCCCCC(=O)NC(COC1OC(CO)C(O)C(OS(=O)(=O)O)C1O)C(O)CCCCCCCCCCCCC. The molecular formula is C46H87NO11S. The van der Waals surface area contributed by atoms with Gasteiger partial charge in [-0.05, 0) is 38.5 Å². The first-order valence-corrected chi connectivity index (χ1v) is 25.1. The van der Waals surface area contributed by atoms with Crippen LogP contribution in [0.15, 0.2) is 24.3 Å². The molecule has 1 heterocycles. The lowest BCUT2D eigenvalue weighted by molar-refractivity contribution is -0.298. The number of allylic oxidation sites excluding steroid dienone is 4. The van der Waals surface area contributed by atoms with Gasteiger partial charge in [0.15, 0.2) is 6.29 Å². The third kappa shape index (κ3) is 30.3. The Hall–Kier alpha value is -1.42. The van der Waals surface area contributed by atoms with E-state index in [2.05, 4.69) is 47.7 Å². The van der Waals surface area contributed by atoms with Gasteiger partial charge in [-0.1, -0.05) is 186 Å². The van der Waals surface area contributed by atoms with Gasteiger partial charge < -0.3 is 35.2 Å². The maximum absolute atomic E-state index is 13.0. The number of hydrogen-bond donors (Lipinski definition) is 6. The summed E-state index contributed by atoms with van der Waals surface area (Å²) in [7, 11) is -5.07. The van der Waals surface area contributed by atoms with Crippen molar-refractivity contribution in [2.75, 3.05) is 13.2 Å². The predicted molar refractivity (Wildman–Crippen MR) is 236 cm³/mol. The van der Waals surface area contributed by atoms with E-state index in [-0.39, 0.29) is 12.5 Å². The third-order valence-corrected chi connectivity index (χ3v) is 11.7. The fourth-order valence-corrected chi connectivity index (χ4v) is 8.12. The summed E-state index contributed by atoms with van der Waals surface area (Å²) in [5.74, 6) is -0.231. The van der Waals surface area contributed by atoms with Gasteiger partial charge in [0.25, 0.3) is 0 Å². The van der Waals surface area contributed by atoms with Crippen LogP contribution in [0.3, 0.4) is 0 Å². The highest BCUT2D eigenvalue weighted by molar-refractivity contribution is 7.80. The highest BCUT2D eigenvalue weighted by Gasteiger charge is 2.48. The van der Waals surface area contributed by atoms with Crippen molar-refractivity contribution in [3.05, 3.63) is 24.3 Å². The van der Waals surface area contributed by atoms with Gasteiger partial charge in [-0.15, -0.1) is 0 Å². The second-order valence-electron chi connectivity index (χ2n) is 16.7. The molecule has 13 heteroatoms. The molecule has 7 unspecified atom stereocenters. The van der Waals surface area contributed by atoms with Crippen LogP contribution in [0.1, 0.15) is 206 Å². The fourth-order valence-electron chi connectivity index (χ4n) is 7.61. The molecular weight excluding hydrogens is 775 g/mol. The summed E-state index contributed by atoms with van der Waals surface area (Å²) in [5, 5.41) is 44.8. The molecule has 0 aromatic rings. The van der Waals surface area contributed by atoms with Crippen molar-refractivity contribution in [2.24, 2.45) is 0 Å². The number of rotatable bonds is 40. The molecule has 0 aromatic carbocycles. The molecule has 12 nitrogen and oxygen atoms in total. The molecule has 1 amide bonds. The van der Waals surface area contributed by atoms with E-state index in [1.807, 2.05) is 0 Å². The van der Waals surface area contributed by atoms with Crippen LogP contribution in [0.2, 0.25) is 0 Å². The second kappa shape index (κ2) is 37.2. The first kappa shape index (κ1) is 55.6. The number of carbonyl (C=O) groups is 1. The van der Waals surface area contributed by atoms with E-state index in [0.29, 0.717) is 12.8 Å². The summed E-state index contributed by atoms with van der Waals surface area (Å²) in [4.78, 5) is 13.0. The third-order valence-electron chi connectivity index (χ3n) is 11.3. The van der Waals surface area contributed by atoms with E-state index in [4.69, 9.17) is 9.47 Å². The fraction of sp³-hybridized carbons (Fsp3) is 0.891. The standard InChI is InChI=1S/C46H87NO11S/c1-3-5-7-9-11-13-15-16-17-18-19-20-21-22-23-24-26-28-30-32-34-36-42(50)47-39(40(49)35-33-31-29-27-25-14-12-10-8-6-4-2)38-56-46-44(52)45(58-59(53,54)55)43(51)41(37-48)57-46/h5,7,11,13,39-41,43-46,48-49,51-52H,3-4,6,8-10,12,14-38H2,1-2H3,(H,47,50)(H,53,54,55)/b7-5-,13-11-. The van der Waals surface area contributed by atoms with Crippen molar-refractivity contribution in [2.45, 2.75) is 249 Å². The average molecular weight is 862 g/mol. The van der Waals surface area contributed by atoms with Gasteiger partial charge in [-0.25, -0.2) is 4.18 Å². The zero-order valence-electron chi connectivity index (χ0n) is 37.1. The van der Waals surface area contributed by atoms with Gasteiger partial charge in [0.2, 0.25) is 5.91 Å². The molecule has 1 fully saturated rings. The average Bonchev–Trinajstić information content (AvgIpc) is 3.20. The minimum Gasteiger partial charge on any atom is -0.394 e. The summed E-state index contributed by atoms with van der Waals surface area (Å²) in [6.45, 7) is 3.33. The highest BCUT2D eigenvalue weighted by atomic mass is 32.3. The van der Waals surface area contributed by atoms with E-state index in [0.717, 1.165) is 64.2 Å². The Morgan fingerprint density at radius 3 is 1.69 bits per heavy atom. The minimum absolute atomic E-state index is 0.231. The summed E-state index contributed by atoms with van der Waals surface area (Å²) in [6, 6.07) is -0.854. The van der Waals surface area contributed by atoms with E-state index in [1.165, 1.54) is 116 Å². The normalized spacial score (nSPS) is 21.1. The Balaban J connectivity index is 2.41. The lowest BCUT2D eigenvalue weighted by atomic mass is 9.99. The van der Waals surface area contributed by atoms with Crippen molar-refractivity contribution in [1.82, 2.24) is 5.32 Å². The lowest BCUT2D eigenvalue weighted by Gasteiger charge is -2.41. The Bertz CT molecular complexity index is 1150. The Labute approximate surface area is 359 Å². The number of aliphatic hydroxyl groups is 4. The number of unbranched alkanes of at least 4 members (excludes halogenated alkanes) is 24. The van der Waals surface area contributed by atoms with Crippen molar-refractivity contribution >= 4 is 16.3 Å². The number of nitrogens with one attached hydrogen (secondary N) is 1. The van der Waals surface area contributed by atoms with Crippen LogP contribution >= 0.6 is 0 Å². The number of ether oxygens (including phenoxy) is 2. The largest absolute Gasteiger partial charge is 0.397 e. The molecule has 59 heavy (non-hydrogen) atoms. The van der Waals surface area contributed by atoms with Gasteiger partial charge in [-0.3, -0.25) is 9.35 Å². The van der Waals surface area contributed by atoms with Crippen molar-refractivity contribution in [3.63, 3.8) is 0 Å². The van der Waals surface area contributed by atoms with Gasteiger partial charge in [0.05, 0.1) is 25.4 Å². The minimum atomic E-state index is -5.07. The van der Waals surface area contributed by atoms with E-state index < -0.39 is 59.9 Å². The van der Waals surface area contributed by atoms with Crippen molar-refractivity contribution < 1.29 is 51.8 Å². The zero-order chi connectivity index (χ0) is 43.4. The topological polar surface area (TPSA) is 192 Å². The Kier molecular flexibility index (Phi) is 35.0. The molecule has 1 aliphatic heterocycles. The van der Waals surface area contributed by atoms with Gasteiger partial charge in [0.1, 0.15) is 24.4 Å².